The molecule has 0 saturated carbocycles. The van der Waals surface area contributed by atoms with Gasteiger partial charge >= 0.3 is 0 Å². The third-order valence-electron chi connectivity index (χ3n) is 2.36. The minimum Gasteiger partial charge on any atom is -0.492 e. The Balaban J connectivity index is 1.78. The summed E-state index contributed by atoms with van der Waals surface area (Å²) in [5.74, 6) is 1.64. The predicted octanol–water partition coefficient (Wildman–Crippen LogP) is 2.61. The number of ether oxygens (including phenoxy) is 1. The lowest BCUT2D eigenvalue weighted by molar-refractivity contribution is 0.339. The number of hydrogen-bond donors (Lipinski definition) is 1. The zero-order chi connectivity index (χ0) is 12.8. The molecule has 5 heteroatoms. The standard InChI is InChI=1S/C13H16N2O2S/c1-10-9-17-13(15-10)18-7-6-16-12-5-3-2-4-11(12)8-14/h2-5,9H,6-8,14H2,1H3. The maximum absolute atomic E-state index is 5.69. The summed E-state index contributed by atoms with van der Waals surface area (Å²) in [6, 6.07) is 7.81. The molecule has 18 heavy (non-hydrogen) atoms. The van der Waals surface area contributed by atoms with Crippen molar-refractivity contribution in [2.24, 2.45) is 5.73 Å². The van der Waals surface area contributed by atoms with Crippen molar-refractivity contribution in [2.45, 2.75) is 18.7 Å². The average Bonchev–Trinajstić information content (AvgIpc) is 2.81. The summed E-state index contributed by atoms with van der Waals surface area (Å²) < 4.78 is 10.9. The highest BCUT2D eigenvalue weighted by molar-refractivity contribution is 7.99. The summed E-state index contributed by atoms with van der Waals surface area (Å²) in [6.07, 6.45) is 1.65. The molecule has 2 rings (SSSR count). The molecule has 1 heterocycles. The Labute approximate surface area is 111 Å². The van der Waals surface area contributed by atoms with Crippen LogP contribution < -0.4 is 10.5 Å². The number of hydrogen-bond acceptors (Lipinski definition) is 5. The van der Waals surface area contributed by atoms with Crippen molar-refractivity contribution in [3.8, 4) is 5.75 Å². The van der Waals surface area contributed by atoms with Gasteiger partial charge in [-0.15, -0.1) is 0 Å². The second-order valence-electron chi connectivity index (χ2n) is 3.76. The topological polar surface area (TPSA) is 61.3 Å². The van der Waals surface area contributed by atoms with Gasteiger partial charge in [-0.05, 0) is 13.0 Å². The fraction of sp³-hybridized carbons (Fsp3) is 0.308. The van der Waals surface area contributed by atoms with Gasteiger partial charge in [0.25, 0.3) is 5.22 Å². The molecule has 0 spiro atoms. The highest BCUT2D eigenvalue weighted by atomic mass is 32.2. The van der Waals surface area contributed by atoms with E-state index in [2.05, 4.69) is 4.98 Å². The number of nitrogens with zero attached hydrogens (tertiary/aromatic N) is 1. The van der Waals surface area contributed by atoms with Gasteiger partial charge in [0.1, 0.15) is 12.0 Å². The molecule has 96 valence electrons. The highest BCUT2D eigenvalue weighted by Crippen LogP contribution is 2.19. The van der Waals surface area contributed by atoms with E-state index < -0.39 is 0 Å². The van der Waals surface area contributed by atoms with Crippen LogP contribution in [-0.2, 0) is 6.54 Å². The van der Waals surface area contributed by atoms with E-state index in [9.17, 15) is 0 Å². The van der Waals surface area contributed by atoms with Gasteiger partial charge in [0.15, 0.2) is 0 Å². The molecule has 0 unspecified atom stereocenters. The van der Waals surface area contributed by atoms with Gasteiger partial charge in [-0.3, -0.25) is 0 Å². The van der Waals surface area contributed by atoms with Gasteiger partial charge in [0, 0.05) is 17.9 Å². The molecule has 1 aromatic carbocycles. The van der Waals surface area contributed by atoms with Crippen LogP contribution in [0.25, 0.3) is 0 Å². The van der Waals surface area contributed by atoms with Gasteiger partial charge < -0.3 is 14.9 Å². The summed E-state index contributed by atoms with van der Waals surface area (Å²) in [5.41, 5.74) is 7.56. The molecule has 1 aromatic heterocycles. The van der Waals surface area contributed by atoms with Crippen LogP contribution in [0.5, 0.6) is 5.75 Å². The Morgan fingerprint density at radius 2 is 2.22 bits per heavy atom. The van der Waals surface area contributed by atoms with Crippen LogP contribution >= 0.6 is 11.8 Å². The largest absolute Gasteiger partial charge is 0.492 e. The van der Waals surface area contributed by atoms with Crippen molar-refractivity contribution < 1.29 is 9.15 Å². The molecule has 0 fully saturated rings. The van der Waals surface area contributed by atoms with Gasteiger partial charge in [-0.1, -0.05) is 30.0 Å². The SMILES string of the molecule is Cc1coc(SCCOc2ccccc2CN)n1. The molecule has 0 aliphatic heterocycles. The second-order valence-corrected chi connectivity index (χ2v) is 4.81. The minimum atomic E-state index is 0.488. The average molecular weight is 264 g/mol. The Kier molecular flexibility index (Phi) is 4.66. The molecule has 0 aliphatic rings. The molecule has 0 bridgehead atoms. The van der Waals surface area contributed by atoms with Gasteiger partial charge in [0.2, 0.25) is 0 Å². The zero-order valence-corrected chi connectivity index (χ0v) is 11.1. The van der Waals surface area contributed by atoms with Crippen LogP contribution in [-0.4, -0.2) is 17.3 Å². The summed E-state index contributed by atoms with van der Waals surface area (Å²) >= 11 is 1.54. The molecular formula is C13H16N2O2S. The maximum Gasteiger partial charge on any atom is 0.255 e. The van der Waals surface area contributed by atoms with Crippen molar-refractivity contribution in [3.05, 3.63) is 41.8 Å². The number of para-hydroxylation sites is 1. The van der Waals surface area contributed by atoms with E-state index in [1.807, 2.05) is 31.2 Å². The van der Waals surface area contributed by atoms with Crippen LogP contribution in [0.1, 0.15) is 11.3 Å². The lowest BCUT2D eigenvalue weighted by atomic mass is 10.2. The highest BCUT2D eigenvalue weighted by Gasteiger charge is 2.03. The third kappa shape index (κ3) is 3.51. The monoisotopic (exact) mass is 264 g/mol. The first-order valence-electron chi connectivity index (χ1n) is 5.75. The van der Waals surface area contributed by atoms with E-state index in [1.165, 1.54) is 11.8 Å². The Bertz CT molecular complexity index is 499. The Morgan fingerprint density at radius 3 is 2.94 bits per heavy atom. The smallest absolute Gasteiger partial charge is 0.255 e. The van der Waals surface area contributed by atoms with Crippen LogP contribution in [0.4, 0.5) is 0 Å². The first-order valence-corrected chi connectivity index (χ1v) is 6.74. The quantitative estimate of drug-likeness (QED) is 0.642. The van der Waals surface area contributed by atoms with Crippen molar-refractivity contribution in [1.82, 2.24) is 4.98 Å². The molecule has 4 nitrogen and oxygen atoms in total. The summed E-state index contributed by atoms with van der Waals surface area (Å²) in [4.78, 5) is 4.21. The molecule has 0 aliphatic carbocycles. The molecular weight excluding hydrogens is 248 g/mol. The van der Waals surface area contributed by atoms with Crippen molar-refractivity contribution >= 4 is 11.8 Å². The maximum atomic E-state index is 5.69. The normalized spacial score (nSPS) is 10.6. The van der Waals surface area contributed by atoms with Gasteiger partial charge in [-0.2, -0.15) is 0 Å². The fourth-order valence-corrected chi connectivity index (χ4v) is 2.16. The lowest BCUT2D eigenvalue weighted by Crippen LogP contribution is -2.05. The van der Waals surface area contributed by atoms with Crippen molar-refractivity contribution in [1.29, 1.82) is 0 Å². The van der Waals surface area contributed by atoms with Crippen LogP contribution in [0.15, 0.2) is 40.2 Å². The number of benzene rings is 1. The number of aryl methyl sites for hydroxylation is 1. The number of oxazole rings is 1. The van der Waals surface area contributed by atoms with Crippen molar-refractivity contribution in [3.63, 3.8) is 0 Å². The number of nitrogens with two attached hydrogens (primary N) is 1. The third-order valence-corrected chi connectivity index (χ3v) is 3.16. The molecule has 0 amide bonds. The van der Waals surface area contributed by atoms with E-state index in [4.69, 9.17) is 14.9 Å². The lowest BCUT2D eigenvalue weighted by Gasteiger charge is -2.09. The van der Waals surface area contributed by atoms with Gasteiger partial charge in [0.05, 0.1) is 12.3 Å². The molecule has 2 aromatic rings. The van der Waals surface area contributed by atoms with E-state index in [0.717, 1.165) is 22.8 Å². The fourth-order valence-electron chi connectivity index (χ4n) is 1.49. The molecule has 2 N–H and O–H groups in total. The van der Waals surface area contributed by atoms with E-state index in [-0.39, 0.29) is 0 Å². The number of rotatable bonds is 6. The first-order chi connectivity index (χ1) is 8.79. The van der Waals surface area contributed by atoms with Crippen LogP contribution in [0.3, 0.4) is 0 Å². The Hall–Kier alpha value is -1.46. The Morgan fingerprint density at radius 1 is 1.39 bits per heavy atom. The first kappa shape index (κ1) is 13.0. The van der Waals surface area contributed by atoms with Gasteiger partial charge in [-0.25, -0.2) is 4.98 Å². The van der Waals surface area contributed by atoms with E-state index in [1.54, 1.807) is 6.26 Å². The second kappa shape index (κ2) is 6.47. The predicted molar refractivity (Wildman–Crippen MR) is 71.8 cm³/mol. The minimum absolute atomic E-state index is 0.488. The van der Waals surface area contributed by atoms with Crippen molar-refractivity contribution in [2.75, 3.05) is 12.4 Å². The molecule has 0 saturated heterocycles. The summed E-state index contributed by atoms with van der Waals surface area (Å²) in [7, 11) is 0. The molecule has 0 atom stereocenters. The van der Waals surface area contributed by atoms with Crippen LogP contribution in [0.2, 0.25) is 0 Å². The van der Waals surface area contributed by atoms with Crippen LogP contribution in [0, 0.1) is 6.92 Å². The van der Waals surface area contributed by atoms with E-state index in [0.29, 0.717) is 18.4 Å². The zero-order valence-electron chi connectivity index (χ0n) is 10.3. The number of aromatic nitrogens is 1. The summed E-state index contributed by atoms with van der Waals surface area (Å²) in [5, 5.41) is 0.684. The number of thioether (sulfide) groups is 1. The molecule has 0 radical (unpaired) electrons. The van der Waals surface area contributed by atoms with E-state index >= 15 is 0 Å². The summed E-state index contributed by atoms with van der Waals surface area (Å²) in [6.45, 7) is 2.99.